The molecule has 0 radical (unpaired) electrons. The van der Waals surface area contributed by atoms with Crippen LogP contribution in [0.15, 0.2) is 35.4 Å². The Balaban J connectivity index is 3.23. The molecule has 0 fully saturated rings. The summed E-state index contributed by atoms with van der Waals surface area (Å²) in [5, 5.41) is 3.01. The van der Waals surface area contributed by atoms with Gasteiger partial charge >= 0.3 is 6.09 Å². The number of nitrogens with one attached hydrogen (secondary N) is 1. The number of Topliss-reactive ketones (excluding diaryl/α,β-unsaturated/α-hetero) is 1. The van der Waals surface area contributed by atoms with E-state index in [1.165, 1.54) is 12.1 Å². The van der Waals surface area contributed by atoms with E-state index in [0.29, 0.717) is 0 Å². The van der Waals surface area contributed by atoms with Crippen molar-refractivity contribution in [2.24, 2.45) is 5.11 Å². The van der Waals surface area contributed by atoms with Gasteiger partial charge in [0.1, 0.15) is 5.60 Å². The fraction of sp³-hybridized carbons (Fsp3) is 0.400. The number of nitrogens with zero attached hydrogens (tertiary/aromatic N) is 2. The lowest BCUT2D eigenvalue weighted by molar-refractivity contribution is -0.127. The number of amides is 2. The number of rotatable bonds is 4. The number of ether oxygens (including phenoxy) is 1. The number of carbonyl (C=O) groups is 3. The number of hydrogen-bond donors (Lipinski definition) is 1. The van der Waals surface area contributed by atoms with Crippen LogP contribution < -0.4 is 4.90 Å². The van der Waals surface area contributed by atoms with Gasteiger partial charge in [-0.15, -0.1) is 0 Å². The number of carbonyl (C=O) groups excluding carboxylic acids is 3. The second kappa shape index (κ2) is 6.93. The van der Waals surface area contributed by atoms with Crippen LogP contribution in [0.2, 0.25) is 0 Å². The lowest BCUT2D eigenvalue weighted by Gasteiger charge is -2.27. The molecule has 1 N–H and O–H groups in total. The van der Waals surface area contributed by atoms with Crippen LogP contribution in [-0.2, 0) is 14.3 Å². The minimum absolute atomic E-state index is 0.247. The molecule has 7 heteroatoms. The Morgan fingerprint density at radius 2 is 1.73 bits per heavy atom. The van der Waals surface area contributed by atoms with Crippen molar-refractivity contribution in [3.05, 3.63) is 30.3 Å². The molecular weight excluding hydrogens is 286 g/mol. The molecule has 0 bridgehead atoms. The van der Waals surface area contributed by atoms with Crippen LogP contribution in [0.1, 0.15) is 27.7 Å². The number of imide groups is 1. The van der Waals surface area contributed by atoms with Gasteiger partial charge in [-0.2, -0.15) is 5.11 Å². The Labute approximate surface area is 128 Å². The van der Waals surface area contributed by atoms with Gasteiger partial charge in [0, 0.05) is 0 Å². The highest BCUT2D eigenvalue weighted by molar-refractivity contribution is 6.20. The molecule has 0 spiro atoms. The van der Waals surface area contributed by atoms with Gasteiger partial charge in [-0.1, -0.05) is 18.2 Å². The molecule has 0 saturated carbocycles. The second-order valence-corrected chi connectivity index (χ2v) is 5.63. The number of ketones is 1. The van der Waals surface area contributed by atoms with Crippen molar-refractivity contribution >= 4 is 23.5 Å². The zero-order chi connectivity index (χ0) is 16.9. The number of hydrogen-bond acceptors (Lipinski definition) is 6. The first-order valence-corrected chi connectivity index (χ1v) is 6.66. The second-order valence-electron chi connectivity index (χ2n) is 5.63. The molecule has 1 unspecified atom stereocenters. The van der Waals surface area contributed by atoms with E-state index in [4.69, 9.17) is 10.3 Å². The van der Waals surface area contributed by atoms with Crippen molar-refractivity contribution in [1.82, 2.24) is 0 Å². The van der Waals surface area contributed by atoms with Crippen LogP contribution in [-0.4, -0.2) is 29.4 Å². The van der Waals surface area contributed by atoms with Crippen LogP contribution in [0.4, 0.5) is 10.5 Å². The largest absolute Gasteiger partial charge is 0.443 e. The molecule has 2 amide bonds. The van der Waals surface area contributed by atoms with Gasteiger partial charge in [-0.25, -0.2) is 15.2 Å². The van der Waals surface area contributed by atoms with Gasteiger partial charge in [-0.3, -0.25) is 9.59 Å². The molecule has 0 aromatic heterocycles. The van der Waals surface area contributed by atoms with Crippen molar-refractivity contribution in [1.29, 1.82) is 5.53 Å². The first-order chi connectivity index (χ1) is 10.2. The average Bonchev–Trinajstić information content (AvgIpc) is 2.38. The van der Waals surface area contributed by atoms with Crippen molar-refractivity contribution in [2.75, 3.05) is 4.90 Å². The summed E-state index contributed by atoms with van der Waals surface area (Å²) in [6, 6.07) is 6.50. The molecule has 118 valence electrons. The Morgan fingerprint density at radius 3 is 2.14 bits per heavy atom. The first kappa shape index (κ1) is 17.5. The number of anilines is 1. The Morgan fingerprint density at radius 1 is 1.18 bits per heavy atom. The number of para-hydroxylation sites is 1. The van der Waals surface area contributed by atoms with Crippen molar-refractivity contribution < 1.29 is 19.1 Å². The minimum Gasteiger partial charge on any atom is -0.443 e. The lowest BCUT2D eigenvalue weighted by atomic mass is 10.1. The molecular formula is C15H19N3O4. The third-order valence-electron chi connectivity index (χ3n) is 2.56. The molecule has 0 aliphatic heterocycles. The van der Waals surface area contributed by atoms with Gasteiger partial charge in [0.2, 0.25) is 6.04 Å². The van der Waals surface area contributed by atoms with Crippen molar-refractivity contribution in [3.63, 3.8) is 0 Å². The van der Waals surface area contributed by atoms with Crippen molar-refractivity contribution in [2.45, 2.75) is 39.3 Å². The minimum atomic E-state index is -1.56. The van der Waals surface area contributed by atoms with E-state index < -0.39 is 29.4 Å². The van der Waals surface area contributed by atoms with Crippen LogP contribution >= 0.6 is 0 Å². The van der Waals surface area contributed by atoms with Gasteiger partial charge in [0.25, 0.3) is 5.91 Å². The first-order valence-electron chi connectivity index (χ1n) is 6.66. The summed E-state index contributed by atoms with van der Waals surface area (Å²) in [5.74, 6) is -1.53. The predicted molar refractivity (Wildman–Crippen MR) is 79.8 cm³/mol. The van der Waals surface area contributed by atoms with E-state index in [1.54, 1.807) is 39.0 Å². The zero-order valence-electron chi connectivity index (χ0n) is 13.0. The quantitative estimate of drug-likeness (QED) is 0.682. The van der Waals surface area contributed by atoms with Crippen LogP contribution in [0.5, 0.6) is 0 Å². The fourth-order valence-electron chi connectivity index (χ4n) is 1.65. The highest BCUT2D eigenvalue weighted by atomic mass is 16.6. The monoisotopic (exact) mass is 305 g/mol. The normalized spacial score (nSPS) is 12.2. The maximum absolute atomic E-state index is 12.4. The van der Waals surface area contributed by atoms with Crippen LogP contribution in [0.3, 0.4) is 0 Å². The van der Waals surface area contributed by atoms with Crippen molar-refractivity contribution in [3.8, 4) is 0 Å². The lowest BCUT2D eigenvalue weighted by Crippen LogP contribution is -2.47. The zero-order valence-corrected chi connectivity index (χ0v) is 13.0. The Bertz CT molecular complexity index is 578. The summed E-state index contributed by atoms with van der Waals surface area (Å²) < 4.78 is 5.20. The molecule has 22 heavy (non-hydrogen) atoms. The predicted octanol–water partition coefficient (Wildman–Crippen LogP) is 2.94. The summed E-state index contributed by atoms with van der Waals surface area (Å²) in [6.07, 6.45) is -0.918. The van der Waals surface area contributed by atoms with E-state index >= 15 is 0 Å². The van der Waals surface area contributed by atoms with Gasteiger partial charge in [0.15, 0.2) is 5.78 Å². The smallest absolute Gasteiger partial charge is 0.421 e. The van der Waals surface area contributed by atoms with Gasteiger partial charge in [0.05, 0.1) is 5.69 Å². The van der Waals surface area contributed by atoms with E-state index in [1.807, 2.05) is 0 Å². The Hall–Kier alpha value is -2.57. The third-order valence-corrected chi connectivity index (χ3v) is 2.56. The SMILES string of the molecule is CC(=O)C(N=N)C(=O)N(C(=O)OC(C)(C)C)c1ccccc1. The van der Waals surface area contributed by atoms with E-state index in [-0.39, 0.29) is 5.69 Å². The molecule has 1 aromatic rings. The molecule has 0 heterocycles. The highest BCUT2D eigenvalue weighted by Gasteiger charge is 2.35. The summed E-state index contributed by atoms with van der Waals surface area (Å²) in [4.78, 5) is 36.9. The summed E-state index contributed by atoms with van der Waals surface area (Å²) >= 11 is 0. The van der Waals surface area contributed by atoms with Crippen LogP contribution in [0.25, 0.3) is 0 Å². The van der Waals surface area contributed by atoms with Gasteiger partial charge < -0.3 is 4.74 Å². The summed E-state index contributed by atoms with van der Waals surface area (Å²) in [7, 11) is 0. The Kier molecular flexibility index (Phi) is 5.50. The molecule has 0 aliphatic rings. The molecule has 1 rings (SSSR count). The highest BCUT2D eigenvalue weighted by Crippen LogP contribution is 2.20. The molecule has 0 aliphatic carbocycles. The third kappa shape index (κ3) is 4.47. The average molecular weight is 305 g/mol. The standard InChI is InChI=1S/C15H19N3O4/c1-10(19)12(17-16)13(20)18(11-8-6-5-7-9-11)14(21)22-15(2,3)4/h5-9,12,16H,1-4H3. The molecule has 7 nitrogen and oxygen atoms in total. The molecule has 0 saturated heterocycles. The summed E-state index contributed by atoms with van der Waals surface area (Å²) in [6.45, 7) is 6.13. The van der Waals surface area contributed by atoms with E-state index in [9.17, 15) is 14.4 Å². The number of benzene rings is 1. The summed E-state index contributed by atoms with van der Waals surface area (Å²) in [5.41, 5.74) is 6.44. The van der Waals surface area contributed by atoms with E-state index in [0.717, 1.165) is 11.8 Å². The van der Waals surface area contributed by atoms with Crippen LogP contribution in [0, 0.1) is 5.53 Å². The molecule has 1 atom stereocenters. The molecule has 1 aromatic carbocycles. The topological polar surface area (TPSA) is 99.9 Å². The fourth-order valence-corrected chi connectivity index (χ4v) is 1.65. The maximum Gasteiger partial charge on any atom is 0.421 e. The van der Waals surface area contributed by atoms with Gasteiger partial charge in [-0.05, 0) is 39.8 Å². The van der Waals surface area contributed by atoms with E-state index in [2.05, 4.69) is 5.11 Å². The maximum atomic E-state index is 12.4.